The summed E-state index contributed by atoms with van der Waals surface area (Å²) in [5, 5.41) is 7.04. The fraction of sp³-hybridized carbons (Fsp3) is 0.304. The van der Waals surface area contributed by atoms with Crippen molar-refractivity contribution in [2.24, 2.45) is 11.0 Å². The van der Waals surface area contributed by atoms with Crippen molar-refractivity contribution in [2.45, 2.75) is 32.7 Å². The molecule has 1 aliphatic carbocycles. The van der Waals surface area contributed by atoms with Gasteiger partial charge in [0.05, 0.1) is 18.9 Å². The van der Waals surface area contributed by atoms with Crippen molar-refractivity contribution in [3.05, 3.63) is 77.0 Å². The van der Waals surface area contributed by atoms with Gasteiger partial charge in [0, 0.05) is 23.3 Å². The topological polar surface area (TPSA) is 41.9 Å². The number of benzene rings is 2. The third-order valence-corrected chi connectivity index (χ3v) is 5.44. The fourth-order valence-electron chi connectivity index (χ4n) is 4.25. The molecule has 4 heteroatoms. The van der Waals surface area contributed by atoms with Crippen LogP contribution in [0.25, 0.3) is 0 Å². The molecule has 2 aliphatic rings. The van der Waals surface area contributed by atoms with Crippen LogP contribution in [0, 0.1) is 5.92 Å². The second-order valence-corrected chi connectivity index (χ2v) is 7.25. The first-order valence-corrected chi connectivity index (χ1v) is 9.37. The Hall–Kier alpha value is -2.88. The highest BCUT2D eigenvalue weighted by atomic mass is 16.5. The molecule has 1 aliphatic heterocycles. The standard InChI is InChI=1S/C23H24N2O2/c1-15(13-16(2)26)25-23(18-7-5-4-6-8-18)20-12-10-17-9-11-19(27-3)14-21(17)22(20)24-25/h4-9,11,13-14,20,23H,10,12H2,1-3H3/t20-,23+/m0/s1. The molecule has 0 spiro atoms. The fourth-order valence-corrected chi connectivity index (χ4v) is 4.25. The van der Waals surface area contributed by atoms with Gasteiger partial charge >= 0.3 is 0 Å². The predicted octanol–water partition coefficient (Wildman–Crippen LogP) is 4.51. The van der Waals surface area contributed by atoms with E-state index < -0.39 is 0 Å². The van der Waals surface area contributed by atoms with E-state index in [0.717, 1.165) is 30.0 Å². The van der Waals surface area contributed by atoms with Gasteiger partial charge in [-0.25, -0.2) is 0 Å². The zero-order valence-electron chi connectivity index (χ0n) is 16.0. The van der Waals surface area contributed by atoms with Crippen LogP contribution in [0.2, 0.25) is 0 Å². The number of carbonyl (C=O) groups excluding carboxylic acids is 1. The summed E-state index contributed by atoms with van der Waals surface area (Å²) in [4.78, 5) is 11.7. The van der Waals surface area contributed by atoms with Gasteiger partial charge in [-0.2, -0.15) is 5.10 Å². The first-order valence-electron chi connectivity index (χ1n) is 9.37. The van der Waals surface area contributed by atoms with E-state index in [1.807, 2.05) is 24.1 Å². The van der Waals surface area contributed by atoms with Gasteiger partial charge in [0.25, 0.3) is 0 Å². The van der Waals surface area contributed by atoms with E-state index in [9.17, 15) is 4.79 Å². The number of hydrazone groups is 1. The van der Waals surface area contributed by atoms with Gasteiger partial charge in [0.1, 0.15) is 5.75 Å². The van der Waals surface area contributed by atoms with Crippen LogP contribution >= 0.6 is 0 Å². The third kappa shape index (κ3) is 3.16. The summed E-state index contributed by atoms with van der Waals surface area (Å²) >= 11 is 0. The zero-order chi connectivity index (χ0) is 19.0. The molecule has 0 N–H and O–H groups in total. The number of hydrogen-bond donors (Lipinski definition) is 0. The molecule has 0 bridgehead atoms. The summed E-state index contributed by atoms with van der Waals surface area (Å²) in [6.45, 7) is 3.54. The van der Waals surface area contributed by atoms with E-state index in [-0.39, 0.29) is 11.8 Å². The molecule has 0 amide bonds. The minimum absolute atomic E-state index is 0.0384. The Bertz CT molecular complexity index is 931. The van der Waals surface area contributed by atoms with Gasteiger partial charge < -0.3 is 4.74 Å². The van der Waals surface area contributed by atoms with Crippen LogP contribution in [0.3, 0.4) is 0 Å². The number of methoxy groups -OCH3 is 1. The Labute approximate surface area is 160 Å². The number of carbonyl (C=O) groups is 1. The summed E-state index contributed by atoms with van der Waals surface area (Å²) in [7, 11) is 1.69. The molecule has 0 unspecified atom stereocenters. The van der Waals surface area contributed by atoms with E-state index in [1.54, 1.807) is 20.1 Å². The number of nitrogens with zero attached hydrogens (tertiary/aromatic N) is 2. The lowest BCUT2D eigenvalue weighted by atomic mass is 9.77. The minimum atomic E-state index is 0.0384. The van der Waals surface area contributed by atoms with Crippen LogP contribution in [-0.2, 0) is 11.2 Å². The Kier molecular flexibility index (Phi) is 4.56. The van der Waals surface area contributed by atoms with E-state index in [0.29, 0.717) is 5.92 Å². The summed E-state index contributed by atoms with van der Waals surface area (Å²) in [6.07, 6.45) is 3.74. The second kappa shape index (κ2) is 7.03. The lowest BCUT2D eigenvalue weighted by Crippen LogP contribution is -2.28. The van der Waals surface area contributed by atoms with E-state index in [4.69, 9.17) is 9.84 Å². The van der Waals surface area contributed by atoms with Gasteiger partial charge in [0.2, 0.25) is 0 Å². The molecule has 0 fully saturated rings. The molecule has 2 aromatic carbocycles. The number of allylic oxidation sites excluding steroid dienone is 2. The lowest BCUT2D eigenvalue weighted by molar-refractivity contribution is -0.112. The van der Waals surface area contributed by atoms with Crippen LogP contribution in [0.1, 0.15) is 43.0 Å². The molecule has 2 aromatic rings. The second-order valence-electron chi connectivity index (χ2n) is 7.25. The summed E-state index contributed by atoms with van der Waals surface area (Å²) < 4.78 is 5.44. The lowest BCUT2D eigenvalue weighted by Gasteiger charge is -2.31. The molecular weight excluding hydrogens is 336 g/mol. The minimum Gasteiger partial charge on any atom is -0.497 e. The highest BCUT2D eigenvalue weighted by Crippen LogP contribution is 2.45. The molecule has 27 heavy (non-hydrogen) atoms. The SMILES string of the molecule is COc1ccc2c(c1)C1=NN(C(C)=CC(C)=O)[C@H](c3ccccc3)[C@H]1CC2. The van der Waals surface area contributed by atoms with Crippen molar-refractivity contribution >= 4 is 11.5 Å². The van der Waals surface area contributed by atoms with Gasteiger partial charge in [-0.1, -0.05) is 36.4 Å². The highest BCUT2D eigenvalue weighted by molar-refractivity contribution is 6.06. The van der Waals surface area contributed by atoms with Gasteiger partial charge in [-0.15, -0.1) is 0 Å². The number of ketones is 1. The molecule has 2 atom stereocenters. The average molecular weight is 360 g/mol. The van der Waals surface area contributed by atoms with Gasteiger partial charge in [-0.05, 0) is 49.9 Å². The Morgan fingerprint density at radius 3 is 2.67 bits per heavy atom. The van der Waals surface area contributed by atoms with Gasteiger partial charge in [0.15, 0.2) is 5.78 Å². The first kappa shape index (κ1) is 17.5. The number of fused-ring (bicyclic) bond motifs is 3. The number of hydrogen-bond acceptors (Lipinski definition) is 4. The van der Waals surface area contributed by atoms with Crippen LogP contribution in [0.4, 0.5) is 0 Å². The quantitative estimate of drug-likeness (QED) is 0.753. The van der Waals surface area contributed by atoms with Crippen molar-refractivity contribution in [1.29, 1.82) is 0 Å². The monoisotopic (exact) mass is 360 g/mol. The summed E-state index contributed by atoms with van der Waals surface area (Å²) in [5.74, 6) is 1.18. The van der Waals surface area contributed by atoms with Crippen LogP contribution in [0.15, 0.2) is 65.4 Å². The van der Waals surface area contributed by atoms with Crippen molar-refractivity contribution < 1.29 is 9.53 Å². The zero-order valence-corrected chi connectivity index (χ0v) is 16.0. The third-order valence-electron chi connectivity index (χ3n) is 5.44. The van der Waals surface area contributed by atoms with Gasteiger partial charge in [-0.3, -0.25) is 9.80 Å². The van der Waals surface area contributed by atoms with E-state index in [2.05, 4.69) is 36.4 Å². The largest absolute Gasteiger partial charge is 0.497 e. The van der Waals surface area contributed by atoms with Crippen molar-refractivity contribution in [3.8, 4) is 5.75 Å². The molecule has 0 saturated carbocycles. The molecule has 0 saturated heterocycles. The van der Waals surface area contributed by atoms with E-state index in [1.165, 1.54) is 16.7 Å². The molecular formula is C23H24N2O2. The molecule has 0 aromatic heterocycles. The number of ether oxygens (including phenoxy) is 1. The van der Waals surface area contributed by atoms with Crippen LogP contribution < -0.4 is 4.74 Å². The van der Waals surface area contributed by atoms with Crippen LogP contribution in [-0.4, -0.2) is 23.6 Å². The van der Waals surface area contributed by atoms with E-state index >= 15 is 0 Å². The normalized spacial score (nSPS) is 21.4. The summed E-state index contributed by atoms with van der Waals surface area (Å²) in [5.41, 5.74) is 5.68. The molecule has 138 valence electrons. The average Bonchev–Trinajstić information content (AvgIpc) is 3.08. The Balaban J connectivity index is 1.83. The van der Waals surface area contributed by atoms with Crippen molar-refractivity contribution in [2.75, 3.05) is 7.11 Å². The predicted molar refractivity (Wildman–Crippen MR) is 107 cm³/mol. The number of rotatable bonds is 4. The Morgan fingerprint density at radius 1 is 1.19 bits per heavy atom. The Morgan fingerprint density at radius 2 is 1.96 bits per heavy atom. The highest BCUT2D eigenvalue weighted by Gasteiger charge is 2.42. The number of aryl methyl sites for hydroxylation is 1. The maximum atomic E-state index is 11.7. The smallest absolute Gasteiger partial charge is 0.154 e. The van der Waals surface area contributed by atoms with Crippen LogP contribution in [0.5, 0.6) is 5.75 Å². The molecule has 4 nitrogen and oxygen atoms in total. The summed E-state index contributed by atoms with van der Waals surface area (Å²) in [6, 6.07) is 16.8. The van der Waals surface area contributed by atoms with Crippen molar-refractivity contribution in [3.63, 3.8) is 0 Å². The molecule has 4 rings (SSSR count). The molecule has 0 radical (unpaired) electrons. The van der Waals surface area contributed by atoms with Crippen molar-refractivity contribution in [1.82, 2.24) is 5.01 Å². The maximum absolute atomic E-state index is 11.7. The molecule has 1 heterocycles. The first-order chi connectivity index (χ1) is 13.1. The maximum Gasteiger partial charge on any atom is 0.154 e.